The number of imidazole rings is 1. The van der Waals surface area contributed by atoms with Crippen LogP contribution in [0.2, 0.25) is 0 Å². The fourth-order valence-corrected chi connectivity index (χ4v) is 4.72. The van der Waals surface area contributed by atoms with Gasteiger partial charge in [0.2, 0.25) is 0 Å². The molecule has 5 rings (SSSR count). The molecule has 0 atom stereocenters. The molecule has 2 nitrogen and oxygen atoms in total. The molecule has 2 heteroatoms. The number of nitrogens with zero attached hydrogens (tertiary/aromatic N) is 2. The van der Waals surface area contributed by atoms with Gasteiger partial charge in [0.15, 0.2) is 11.0 Å². The van der Waals surface area contributed by atoms with Crippen molar-refractivity contribution in [2.45, 2.75) is 26.7 Å². The Kier molecular flexibility index (Phi) is 5.14. The first kappa shape index (κ1) is 20.3. The molecule has 0 saturated heterocycles. The van der Waals surface area contributed by atoms with Gasteiger partial charge in [-0.3, -0.25) is 0 Å². The van der Waals surface area contributed by atoms with Gasteiger partial charge in [-0.1, -0.05) is 80.6 Å². The molecular formula is C30H29N2+. The lowest BCUT2D eigenvalue weighted by atomic mass is 10.0. The third kappa shape index (κ3) is 3.33. The van der Waals surface area contributed by atoms with Crippen LogP contribution in [-0.4, -0.2) is 4.57 Å². The van der Waals surface area contributed by atoms with Gasteiger partial charge in [-0.25, -0.2) is 4.57 Å². The summed E-state index contributed by atoms with van der Waals surface area (Å²) < 4.78 is 4.79. The van der Waals surface area contributed by atoms with E-state index < -0.39 is 0 Å². The van der Waals surface area contributed by atoms with E-state index in [-0.39, 0.29) is 0 Å². The molecular weight excluding hydrogens is 388 g/mol. The van der Waals surface area contributed by atoms with Crippen LogP contribution in [0.25, 0.3) is 39.2 Å². The van der Waals surface area contributed by atoms with Gasteiger partial charge < -0.3 is 0 Å². The molecule has 0 aliphatic heterocycles. The summed E-state index contributed by atoms with van der Waals surface area (Å²) in [5.41, 5.74) is 10.1. The van der Waals surface area contributed by atoms with Crippen LogP contribution in [-0.2, 0) is 7.05 Å². The zero-order chi connectivity index (χ0) is 22.2. The van der Waals surface area contributed by atoms with Crippen LogP contribution < -0.4 is 4.57 Å². The van der Waals surface area contributed by atoms with E-state index in [1.807, 2.05) is 0 Å². The molecule has 0 aliphatic rings. The van der Waals surface area contributed by atoms with Crippen LogP contribution in [0.1, 0.15) is 30.9 Å². The minimum Gasteiger partial charge on any atom is -0.225 e. The van der Waals surface area contributed by atoms with Gasteiger partial charge in [0.05, 0.1) is 12.6 Å². The summed E-state index contributed by atoms with van der Waals surface area (Å²) in [6.45, 7) is 6.73. The van der Waals surface area contributed by atoms with Gasteiger partial charge >= 0.3 is 0 Å². The summed E-state index contributed by atoms with van der Waals surface area (Å²) in [7, 11) is 2.19. The molecule has 0 bridgehead atoms. The lowest BCUT2D eigenvalue weighted by Gasteiger charge is -2.12. The van der Waals surface area contributed by atoms with E-state index in [0.29, 0.717) is 5.92 Å². The van der Waals surface area contributed by atoms with E-state index in [1.165, 1.54) is 50.4 Å². The third-order valence-electron chi connectivity index (χ3n) is 6.40. The molecule has 0 spiro atoms. The molecule has 0 unspecified atom stereocenters. The summed E-state index contributed by atoms with van der Waals surface area (Å²) in [6, 6.07) is 34.9. The average molecular weight is 418 g/mol. The fraction of sp³-hybridized carbons (Fsp3) is 0.167. The molecule has 1 aromatic heterocycles. The fourth-order valence-electron chi connectivity index (χ4n) is 4.72. The number of rotatable bonds is 4. The van der Waals surface area contributed by atoms with Crippen molar-refractivity contribution in [3.05, 3.63) is 108 Å². The van der Waals surface area contributed by atoms with Crippen molar-refractivity contribution in [2.24, 2.45) is 7.05 Å². The number of para-hydroxylation sites is 1. The average Bonchev–Trinajstić information content (AvgIpc) is 3.11. The van der Waals surface area contributed by atoms with Crippen molar-refractivity contribution in [1.29, 1.82) is 0 Å². The Hall–Kier alpha value is -3.65. The Morgan fingerprint density at radius 3 is 2.16 bits per heavy atom. The Balaban J connectivity index is 1.88. The molecule has 4 aromatic carbocycles. The number of fused-ring (bicyclic) bond motifs is 1. The molecule has 32 heavy (non-hydrogen) atoms. The minimum atomic E-state index is 0.433. The zero-order valence-corrected chi connectivity index (χ0v) is 19.2. The second-order valence-corrected chi connectivity index (χ2v) is 8.82. The predicted molar refractivity (Wildman–Crippen MR) is 134 cm³/mol. The lowest BCUT2D eigenvalue weighted by Crippen LogP contribution is -2.34. The Labute approximate surface area is 190 Å². The van der Waals surface area contributed by atoms with Crippen LogP contribution >= 0.6 is 0 Å². The molecule has 0 radical (unpaired) electrons. The highest BCUT2D eigenvalue weighted by atomic mass is 15.2. The maximum Gasteiger partial charge on any atom is 0.295 e. The first-order valence-electron chi connectivity index (χ1n) is 11.3. The van der Waals surface area contributed by atoms with Crippen molar-refractivity contribution in [3.8, 4) is 28.2 Å². The molecule has 0 fully saturated rings. The number of benzene rings is 4. The smallest absolute Gasteiger partial charge is 0.225 e. The number of aryl methyl sites for hydroxylation is 2. The van der Waals surface area contributed by atoms with E-state index in [1.54, 1.807) is 0 Å². The highest BCUT2D eigenvalue weighted by Gasteiger charge is 2.28. The number of aromatic nitrogens is 2. The van der Waals surface area contributed by atoms with Gasteiger partial charge in [0.1, 0.15) is 5.69 Å². The van der Waals surface area contributed by atoms with Crippen LogP contribution in [0.15, 0.2) is 97.1 Å². The van der Waals surface area contributed by atoms with E-state index in [9.17, 15) is 0 Å². The molecule has 5 aromatic rings. The third-order valence-corrected chi connectivity index (χ3v) is 6.40. The second-order valence-electron chi connectivity index (χ2n) is 8.82. The molecule has 0 saturated carbocycles. The van der Waals surface area contributed by atoms with E-state index in [4.69, 9.17) is 0 Å². The Morgan fingerprint density at radius 2 is 1.41 bits per heavy atom. The summed E-state index contributed by atoms with van der Waals surface area (Å²) in [6.07, 6.45) is 0. The summed E-state index contributed by atoms with van der Waals surface area (Å²) >= 11 is 0. The summed E-state index contributed by atoms with van der Waals surface area (Å²) in [5.74, 6) is 1.64. The van der Waals surface area contributed by atoms with Crippen LogP contribution in [0.4, 0.5) is 0 Å². The van der Waals surface area contributed by atoms with Crippen molar-refractivity contribution >= 4 is 11.0 Å². The first-order chi connectivity index (χ1) is 15.6. The van der Waals surface area contributed by atoms with Crippen molar-refractivity contribution in [3.63, 3.8) is 0 Å². The highest BCUT2D eigenvalue weighted by molar-refractivity contribution is 5.83. The largest absolute Gasteiger partial charge is 0.295 e. The van der Waals surface area contributed by atoms with E-state index in [2.05, 4.69) is 134 Å². The standard InChI is InChI=1S/C30H29N2/c1-21(2)25-15-10-11-17-27(25)32-28-19-18-24(23-13-6-5-7-14-23)20-29(28)31(4)30(32)26-16-9-8-12-22(26)3/h5-21H,1-4H3/q+1. The van der Waals surface area contributed by atoms with Crippen LogP contribution in [0.5, 0.6) is 0 Å². The minimum absolute atomic E-state index is 0.433. The maximum atomic E-state index is 2.45. The molecule has 1 heterocycles. The molecule has 158 valence electrons. The normalized spacial score (nSPS) is 11.4. The van der Waals surface area contributed by atoms with E-state index in [0.717, 1.165) is 0 Å². The van der Waals surface area contributed by atoms with Gasteiger partial charge in [-0.2, -0.15) is 4.57 Å². The SMILES string of the molecule is Cc1ccccc1-c1n(C)c2cc(-c3ccccc3)ccc2[n+]1-c1ccccc1C(C)C. The lowest BCUT2D eigenvalue weighted by molar-refractivity contribution is -0.556. The van der Waals surface area contributed by atoms with Crippen LogP contribution in [0.3, 0.4) is 0 Å². The first-order valence-corrected chi connectivity index (χ1v) is 11.3. The van der Waals surface area contributed by atoms with Crippen molar-refractivity contribution < 1.29 is 4.57 Å². The number of hydrogen-bond acceptors (Lipinski definition) is 0. The van der Waals surface area contributed by atoms with Crippen LogP contribution in [0, 0.1) is 6.92 Å². The zero-order valence-electron chi connectivity index (χ0n) is 19.2. The van der Waals surface area contributed by atoms with Gasteiger partial charge in [0, 0.05) is 5.56 Å². The monoisotopic (exact) mass is 417 g/mol. The maximum absolute atomic E-state index is 2.45. The molecule has 0 N–H and O–H groups in total. The van der Waals surface area contributed by atoms with Crippen molar-refractivity contribution in [2.75, 3.05) is 0 Å². The summed E-state index contributed by atoms with van der Waals surface area (Å²) in [4.78, 5) is 0. The second kappa shape index (κ2) is 8.12. The van der Waals surface area contributed by atoms with Gasteiger partial charge in [0.25, 0.3) is 5.82 Å². The Bertz CT molecular complexity index is 1410. The summed E-state index contributed by atoms with van der Waals surface area (Å²) in [5, 5.41) is 0. The topological polar surface area (TPSA) is 8.81 Å². The Morgan fingerprint density at radius 1 is 0.719 bits per heavy atom. The molecule has 0 amide bonds. The van der Waals surface area contributed by atoms with Gasteiger partial charge in [-0.15, -0.1) is 0 Å². The van der Waals surface area contributed by atoms with Gasteiger partial charge in [-0.05, 0) is 59.9 Å². The van der Waals surface area contributed by atoms with Crippen molar-refractivity contribution in [1.82, 2.24) is 4.57 Å². The predicted octanol–water partition coefficient (Wildman–Crippen LogP) is 7.22. The van der Waals surface area contributed by atoms with E-state index >= 15 is 0 Å². The quantitative estimate of drug-likeness (QED) is 0.273. The highest BCUT2D eigenvalue weighted by Crippen LogP contribution is 2.31. The number of hydrogen-bond donors (Lipinski definition) is 0. The molecule has 0 aliphatic carbocycles.